The van der Waals surface area contributed by atoms with Gasteiger partial charge in [-0.1, -0.05) is 18.2 Å². The van der Waals surface area contributed by atoms with Crippen LogP contribution in [-0.4, -0.2) is 46.9 Å². The molecular weight excluding hydrogens is 411 g/mol. The van der Waals surface area contributed by atoms with Crippen molar-refractivity contribution in [2.24, 2.45) is 0 Å². The van der Waals surface area contributed by atoms with Crippen LogP contribution in [0.15, 0.2) is 66.9 Å². The van der Waals surface area contributed by atoms with Crippen molar-refractivity contribution in [2.75, 3.05) is 20.1 Å². The molecule has 3 aromatic rings. The highest BCUT2D eigenvalue weighted by atomic mass is 19.1. The van der Waals surface area contributed by atoms with Gasteiger partial charge < -0.3 is 9.84 Å². The number of nitrogens with zero attached hydrogens (tertiary/aromatic N) is 2. The van der Waals surface area contributed by atoms with Gasteiger partial charge in [-0.3, -0.25) is 19.5 Å². The van der Waals surface area contributed by atoms with E-state index in [9.17, 15) is 14.0 Å². The molecule has 0 bridgehead atoms. The zero-order chi connectivity index (χ0) is 23.1. The van der Waals surface area contributed by atoms with Crippen LogP contribution in [0.1, 0.15) is 39.7 Å². The number of carboxylic acid groups (broad SMARTS) is 1. The third kappa shape index (κ3) is 6.21. The number of pyridine rings is 1. The van der Waals surface area contributed by atoms with E-state index >= 15 is 0 Å². The monoisotopic (exact) mass is 436 g/mol. The predicted octanol–water partition coefficient (Wildman–Crippen LogP) is 4.29. The van der Waals surface area contributed by atoms with Crippen LogP contribution in [-0.2, 0) is 4.79 Å². The van der Waals surface area contributed by atoms with E-state index in [1.165, 1.54) is 12.1 Å². The van der Waals surface area contributed by atoms with Crippen LogP contribution >= 0.6 is 0 Å². The summed E-state index contributed by atoms with van der Waals surface area (Å²) < 4.78 is 19.5. The first-order valence-corrected chi connectivity index (χ1v) is 10.2. The molecule has 1 atom stereocenters. The Morgan fingerprint density at radius 1 is 1.09 bits per heavy atom. The van der Waals surface area contributed by atoms with Gasteiger partial charge in [-0.15, -0.1) is 0 Å². The van der Waals surface area contributed by atoms with Gasteiger partial charge in [-0.2, -0.15) is 0 Å². The minimum atomic E-state index is -0.907. The van der Waals surface area contributed by atoms with Crippen molar-refractivity contribution in [2.45, 2.75) is 19.4 Å². The predicted molar refractivity (Wildman–Crippen MR) is 118 cm³/mol. The first-order valence-electron chi connectivity index (χ1n) is 10.2. The molecule has 7 heteroatoms. The molecule has 0 saturated heterocycles. The smallest absolute Gasteiger partial charge is 0.317 e. The van der Waals surface area contributed by atoms with Gasteiger partial charge in [0.1, 0.15) is 23.4 Å². The zero-order valence-corrected chi connectivity index (χ0v) is 18.0. The van der Waals surface area contributed by atoms with E-state index in [1.807, 2.05) is 13.0 Å². The number of carboxylic acids is 1. The number of carbonyl (C=O) groups is 2. The van der Waals surface area contributed by atoms with Gasteiger partial charge in [0.05, 0.1) is 6.54 Å². The fraction of sp³-hybridized carbons (Fsp3) is 0.240. The van der Waals surface area contributed by atoms with Gasteiger partial charge in [0.25, 0.3) is 0 Å². The average Bonchev–Trinajstić information content (AvgIpc) is 2.77. The number of carbonyl (C=O) groups excluding carboxylic acids is 1. The van der Waals surface area contributed by atoms with Crippen LogP contribution in [0.25, 0.3) is 0 Å². The molecule has 0 radical (unpaired) electrons. The van der Waals surface area contributed by atoms with Gasteiger partial charge in [0.15, 0.2) is 0 Å². The Morgan fingerprint density at radius 2 is 1.78 bits per heavy atom. The fourth-order valence-corrected chi connectivity index (χ4v) is 3.33. The van der Waals surface area contributed by atoms with Crippen LogP contribution in [0.3, 0.4) is 0 Å². The number of halogens is 1. The maximum absolute atomic E-state index is 13.4. The van der Waals surface area contributed by atoms with Crippen molar-refractivity contribution in [1.82, 2.24) is 9.88 Å². The normalized spacial score (nSPS) is 11.9. The Hall–Kier alpha value is -3.58. The zero-order valence-electron chi connectivity index (χ0n) is 18.0. The third-order valence-corrected chi connectivity index (χ3v) is 5.04. The molecule has 0 amide bonds. The van der Waals surface area contributed by atoms with E-state index in [0.29, 0.717) is 30.0 Å². The number of ketones is 1. The second kappa shape index (κ2) is 10.6. The number of aliphatic carboxylic acids is 1. The Kier molecular flexibility index (Phi) is 7.68. The van der Waals surface area contributed by atoms with E-state index in [2.05, 4.69) is 4.98 Å². The summed E-state index contributed by atoms with van der Waals surface area (Å²) in [5.74, 6) is -0.868. The second-order valence-corrected chi connectivity index (χ2v) is 7.60. The highest BCUT2D eigenvalue weighted by molar-refractivity contribution is 6.08. The van der Waals surface area contributed by atoms with Gasteiger partial charge in [0.2, 0.25) is 5.78 Å². The molecule has 0 fully saturated rings. The first-order chi connectivity index (χ1) is 15.3. The van der Waals surface area contributed by atoms with Crippen LogP contribution in [0, 0.1) is 12.7 Å². The summed E-state index contributed by atoms with van der Waals surface area (Å²) in [5, 5.41) is 8.96. The molecule has 166 valence electrons. The summed E-state index contributed by atoms with van der Waals surface area (Å²) in [7, 11) is 1.72. The lowest BCUT2D eigenvalue weighted by Crippen LogP contribution is -2.28. The molecule has 0 aliphatic rings. The molecule has 0 spiro atoms. The molecule has 1 aromatic heterocycles. The van der Waals surface area contributed by atoms with Crippen LogP contribution in [0.2, 0.25) is 0 Å². The molecule has 0 saturated carbocycles. The Morgan fingerprint density at radius 3 is 2.41 bits per heavy atom. The fourth-order valence-electron chi connectivity index (χ4n) is 3.33. The summed E-state index contributed by atoms with van der Waals surface area (Å²) in [6.45, 7) is 2.23. The SMILES string of the molecule is Cc1cccnc1C(=O)c1ccc(OC(CCN(C)CC(=O)O)c2ccc(F)cc2)cc1. The van der Waals surface area contributed by atoms with E-state index in [-0.39, 0.29) is 18.1 Å². The number of aryl methyl sites for hydroxylation is 1. The first kappa shape index (κ1) is 23.1. The molecule has 3 rings (SSSR count). The minimum Gasteiger partial charge on any atom is -0.486 e. The highest BCUT2D eigenvalue weighted by Crippen LogP contribution is 2.26. The standard InChI is InChI=1S/C25H25FN2O4/c1-17-4-3-14-27-24(17)25(31)19-7-11-21(12-8-19)32-22(13-15-28(2)16-23(29)30)18-5-9-20(26)10-6-18/h3-12,14,22H,13,15-16H2,1-2H3,(H,29,30). The number of aromatic nitrogens is 1. The molecule has 32 heavy (non-hydrogen) atoms. The molecule has 2 aromatic carbocycles. The summed E-state index contributed by atoms with van der Waals surface area (Å²) in [6.07, 6.45) is 1.68. The molecule has 6 nitrogen and oxygen atoms in total. The molecular formula is C25H25FN2O4. The summed E-state index contributed by atoms with van der Waals surface area (Å²) >= 11 is 0. The summed E-state index contributed by atoms with van der Waals surface area (Å²) in [5.41, 5.74) is 2.49. The Labute approximate surface area is 186 Å². The van der Waals surface area contributed by atoms with Crippen molar-refractivity contribution < 1.29 is 23.8 Å². The average molecular weight is 436 g/mol. The van der Waals surface area contributed by atoms with Crippen molar-refractivity contribution in [3.05, 3.63) is 95.1 Å². The van der Waals surface area contributed by atoms with Crippen LogP contribution in [0.4, 0.5) is 4.39 Å². The maximum atomic E-state index is 13.4. The van der Waals surface area contributed by atoms with Crippen molar-refractivity contribution in [1.29, 1.82) is 0 Å². The number of hydrogen-bond acceptors (Lipinski definition) is 5. The van der Waals surface area contributed by atoms with Crippen LogP contribution < -0.4 is 4.74 Å². The number of benzene rings is 2. The molecule has 1 N–H and O–H groups in total. The van der Waals surface area contributed by atoms with E-state index in [0.717, 1.165) is 11.1 Å². The van der Waals surface area contributed by atoms with Gasteiger partial charge in [-0.25, -0.2) is 4.39 Å². The number of rotatable bonds is 10. The van der Waals surface area contributed by atoms with E-state index in [4.69, 9.17) is 9.84 Å². The van der Waals surface area contributed by atoms with Gasteiger partial charge in [-0.05, 0) is 67.6 Å². The van der Waals surface area contributed by atoms with Crippen molar-refractivity contribution in [3.8, 4) is 5.75 Å². The second-order valence-electron chi connectivity index (χ2n) is 7.60. The summed E-state index contributed by atoms with van der Waals surface area (Å²) in [4.78, 5) is 29.5. The Bertz CT molecular complexity index is 1070. The van der Waals surface area contributed by atoms with Crippen LogP contribution in [0.5, 0.6) is 5.75 Å². The summed E-state index contributed by atoms with van der Waals surface area (Å²) in [6, 6.07) is 16.4. The Balaban J connectivity index is 1.75. The third-order valence-electron chi connectivity index (χ3n) is 5.04. The van der Waals surface area contributed by atoms with Gasteiger partial charge in [0, 0.05) is 24.7 Å². The molecule has 0 aliphatic carbocycles. The van der Waals surface area contributed by atoms with E-state index < -0.39 is 12.1 Å². The molecule has 1 unspecified atom stereocenters. The molecule has 0 aliphatic heterocycles. The number of ether oxygens (including phenoxy) is 1. The maximum Gasteiger partial charge on any atom is 0.317 e. The number of hydrogen-bond donors (Lipinski definition) is 1. The van der Waals surface area contributed by atoms with E-state index in [1.54, 1.807) is 60.6 Å². The lowest BCUT2D eigenvalue weighted by molar-refractivity contribution is -0.138. The topological polar surface area (TPSA) is 79.7 Å². The lowest BCUT2D eigenvalue weighted by atomic mass is 10.0. The van der Waals surface area contributed by atoms with Crippen molar-refractivity contribution >= 4 is 11.8 Å². The van der Waals surface area contributed by atoms with Crippen molar-refractivity contribution in [3.63, 3.8) is 0 Å². The molecule has 1 heterocycles. The quantitative estimate of drug-likeness (QED) is 0.478. The van der Waals surface area contributed by atoms with Gasteiger partial charge >= 0.3 is 5.97 Å². The number of likely N-dealkylation sites (N-methyl/N-ethyl adjacent to an activating group) is 1. The lowest BCUT2D eigenvalue weighted by Gasteiger charge is -2.22. The largest absolute Gasteiger partial charge is 0.486 e. The highest BCUT2D eigenvalue weighted by Gasteiger charge is 2.17. The minimum absolute atomic E-state index is 0.0834.